The topological polar surface area (TPSA) is 46.3 Å². The van der Waals surface area contributed by atoms with Crippen LogP contribution in [0.4, 0.5) is 0 Å². The van der Waals surface area contributed by atoms with E-state index in [1.54, 1.807) is 11.8 Å². The highest BCUT2D eigenvalue weighted by Crippen LogP contribution is 2.34. The number of nitrogens with two attached hydrogens (primary N) is 1. The number of nitrogens with zero attached hydrogens (tertiary/aromatic N) is 1. The van der Waals surface area contributed by atoms with Crippen LogP contribution in [0.1, 0.15) is 26.2 Å². The van der Waals surface area contributed by atoms with Gasteiger partial charge in [0.05, 0.1) is 5.54 Å². The standard InChI is InChI=1S/C10H20N2OS/c1-4-8(7-14-3)12(2)9(13)10(11)5-6-10/h8H,4-7,11H2,1-3H3. The summed E-state index contributed by atoms with van der Waals surface area (Å²) < 4.78 is 0. The smallest absolute Gasteiger partial charge is 0.242 e. The second-order valence-electron chi connectivity index (χ2n) is 4.09. The number of rotatable bonds is 5. The summed E-state index contributed by atoms with van der Waals surface area (Å²) in [6.07, 6.45) is 4.77. The summed E-state index contributed by atoms with van der Waals surface area (Å²) in [4.78, 5) is 13.7. The molecule has 0 aromatic rings. The van der Waals surface area contributed by atoms with Crippen LogP contribution in [0.25, 0.3) is 0 Å². The van der Waals surface area contributed by atoms with E-state index in [1.807, 2.05) is 11.9 Å². The van der Waals surface area contributed by atoms with Crippen LogP contribution < -0.4 is 5.73 Å². The van der Waals surface area contributed by atoms with Crippen LogP contribution >= 0.6 is 11.8 Å². The molecule has 0 spiro atoms. The second-order valence-corrected chi connectivity index (χ2v) is 5.00. The molecule has 1 amide bonds. The van der Waals surface area contributed by atoms with Crippen molar-refractivity contribution in [2.75, 3.05) is 19.1 Å². The summed E-state index contributed by atoms with van der Waals surface area (Å²) in [7, 11) is 1.87. The fraction of sp³-hybridized carbons (Fsp3) is 0.900. The first kappa shape index (κ1) is 11.9. The van der Waals surface area contributed by atoms with Gasteiger partial charge >= 0.3 is 0 Å². The molecule has 2 N–H and O–H groups in total. The summed E-state index contributed by atoms with van der Waals surface area (Å²) in [5, 5.41) is 0. The predicted octanol–water partition coefficient (Wildman–Crippen LogP) is 1.08. The first-order valence-electron chi connectivity index (χ1n) is 5.10. The van der Waals surface area contributed by atoms with Gasteiger partial charge in [-0.15, -0.1) is 0 Å². The molecule has 0 bridgehead atoms. The number of carbonyl (C=O) groups excluding carboxylic acids is 1. The molecule has 1 fully saturated rings. The van der Waals surface area contributed by atoms with Gasteiger partial charge in [-0.2, -0.15) is 11.8 Å². The van der Waals surface area contributed by atoms with Gasteiger partial charge in [0, 0.05) is 18.8 Å². The van der Waals surface area contributed by atoms with E-state index in [0.29, 0.717) is 6.04 Å². The van der Waals surface area contributed by atoms with Crippen molar-refractivity contribution in [2.24, 2.45) is 5.73 Å². The van der Waals surface area contributed by atoms with Gasteiger partial charge < -0.3 is 10.6 Å². The molecule has 0 aromatic carbocycles. The number of carbonyl (C=O) groups is 1. The summed E-state index contributed by atoms with van der Waals surface area (Å²) in [6.45, 7) is 2.11. The fourth-order valence-electron chi connectivity index (χ4n) is 1.56. The van der Waals surface area contributed by atoms with Gasteiger partial charge in [0.15, 0.2) is 0 Å². The Kier molecular flexibility index (Phi) is 3.84. The Morgan fingerprint density at radius 2 is 2.21 bits per heavy atom. The molecule has 4 heteroatoms. The lowest BCUT2D eigenvalue weighted by atomic mass is 10.2. The number of likely N-dealkylation sites (N-methyl/N-ethyl adjacent to an activating group) is 1. The normalized spacial score (nSPS) is 20.3. The van der Waals surface area contributed by atoms with Crippen molar-refractivity contribution < 1.29 is 4.79 Å². The van der Waals surface area contributed by atoms with E-state index in [9.17, 15) is 4.79 Å². The Bertz CT molecular complexity index is 216. The van der Waals surface area contributed by atoms with Crippen LogP contribution in [-0.2, 0) is 4.79 Å². The molecule has 1 aliphatic rings. The van der Waals surface area contributed by atoms with Crippen molar-refractivity contribution in [2.45, 2.75) is 37.8 Å². The zero-order valence-corrected chi connectivity index (χ0v) is 10.1. The molecular formula is C10H20N2OS. The fourth-order valence-corrected chi connectivity index (χ4v) is 2.41. The van der Waals surface area contributed by atoms with E-state index < -0.39 is 5.54 Å². The highest BCUT2D eigenvalue weighted by atomic mass is 32.2. The highest BCUT2D eigenvalue weighted by molar-refractivity contribution is 7.98. The molecule has 1 saturated carbocycles. The predicted molar refractivity (Wildman–Crippen MR) is 61.4 cm³/mol. The van der Waals surface area contributed by atoms with Crippen molar-refractivity contribution in [1.29, 1.82) is 0 Å². The minimum atomic E-state index is -0.513. The second kappa shape index (κ2) is 4.53. The minimum absolute atomic E-state index is 0.124. The third kappa shape index (κ3) is 2.42. The average molecular weight is 216 g/mol. The largest absolute Gasteiger partial charge is 0.340 e. The monoisotopic (exact) mass is 216 g/mol. The van der Waals surface area contributed by atoms with Gasteiger partial charge in [0.1, 0.15) is 0 Å². The molecule has 1 atom stereocenters. The summed E-state index contributed by atoms with van der Waals surface area (Å²) in [6, 6.07) is 0.332. The molecular weight excluding hydrogens is 196 g/mol. The molecule has 1 aliphatic carbocycles. The number of thioether (sulfide) groups is 1. The van der Waals surface area contributed by atoms with Crippen LogP contribution in [0, 0.1) is 0 Å². The number of hydrogen-bond acceptors (Lipinski definition) is 3. The zero-order valence-electron chi connectivity index (χ0n) is 9.25. The Morgan fingerprint density at radius 3 is 2.57 bits per heavy atom. The van der Waals surface area contributed by atoms with Crippen molar-refractivity contribution in [3.8, 4) is 0 Å². The van der Waals surface area contributed by atoms with Gasteiger partial charge in [-0.05, 0) is 25.5 Å². The molecule has 14 heavy (non-hydrogen) atoms. The molecule has 0 aliphatic heterocycles. The molecule has 82 valence electrons. The van der Waals surface area contributed by atoms with Crippen LogP contribution in [0.3, 0.4) is 0 Å². The summed E-state index contributed by atoms with van der Waals surface area (Å²) in [5.41, 5.74) is 5.37. The van der Waals surface area contributed by atoms with Crippen LogP contribution in [0.2, 0.25) is 0 Å². The Labute approximate surface area is 90.4 Å². The zero-order chi connectivity index (χ0) is 10.8. The summed E-state index contributed by atoms with van der Waals surface area (Å²) >= 11 is 1.78. The van der Waals surface area contributed by atoms with E-state index in [2.05, 4.69) is 13.2 Å². The average Bonchev–Trinajstić information content (AvgIpc) is 2.92. The number of hydrogen-bond donors (Lipinski definition) is 1. The third-order valence-electron chi connectivity index (χ3n) is 2.91. The number of amides is 1. The van der Waals surface area contributed by atoms with Gasteiger partial charge in [0.25, 0.3) is 0 Å². The maximum atomic E-state index is 11.9. The quantitative estimate of drug-likeness (QED) is 0.748. The van der Waals surface area contributed by atoms with Crippen molar-refractivity contribution in [3.05, 3.63) is 0 Å². The molecule has 0 heterocycles. The van der Waals surface area contributed by atoms with Crippen LogP contribution in [0.5, 0.6) is 0 Å². The molecule has 3 nitrogen and oxygen atoms in total. The highest BCUT2D eigenvalue weighted by Gasteiger charge is 2.48. The minimum Gasteiger partial charge on any atom is -0.340 e. The van der Waals surface area contributed by atoms with E-state index in [4.69, 9.17) is 5.73 Å². The van der Waals surface area contributed by atoms with Crippen LogP contribution in [0.15, 0.2) is 0 Å². The molecule has 0 aromatic heterocycles. The lowest BCUT2D eigenvalue weighted by Gasteiger charge is -2.29. The van der Waals surface area contributed by atoms with Crippen molar-refractivity contribution >= 4 is 17.7 Å². The maximum absolute atomic E-state index is 11.9. The Balaban J connectivity index is 2.53. The van der Waals surface area contributed by atoms with Gasteiger partial charge in [-0.3, -0.25) is 4.79 Å². The van der Waals surface area contributed by atoms with E-state index in [-0.39, 0.29) is 5.91 Å². The maximum Gasteiger partial charge on any atom is 0.242 e. The third-order valence-corrected chi connectivity index (χ3v) is 3.63. The Hall–Kier alpha value is -0.220. The van der Waals surface area contributed by atoms with Gasteiger partial charge in [0.2, 0.25) is 5.91 Å². The first-order valence-corrected chi connectivity index (χ1v) is 6.49. The Morgan fingerprint density at radius 1 is 1.64 bits per heavy atom. The molecule has 0 radical (unpaired) electrons. The lowest BCUT2D eigenvalue weighted by Crippen LogP contribution is -2.48. The molecule has 1 unspecified atom stereocenters. The lowest BCUT2D eigenvalue weighted by molar-refractivity contribution is -0.134. The van der Waals surface area contributed by atoms with E-state index >= 15 is 0 Å². The molecule has 1 rings (SSSR count). The summed E-state index contributed by atoms with van der Waals surface area (Å²) in [5.74, 6) is 1.12. The van der Waals surface area contributed by atoms with E-state index in [0.717, 1.165) is 25.0 Å². The molecule has 0 saturated heterocycles. The van der Waals surface area contributed by atoms with Gasteiger partial charge in [-0.1, -0.05) is 6.92 Å². The van der Waals surface area contributed by atoms with Crippen LogP contribution in [-0.4, -0.2) is 41.4 Å². The SMILES string of the molecule is CCC(CSC)N(C)C(=O)C1(N)CC1. The van der Waals surface area contributed by atoms with Crippen molar-refractivity contribution in [1.82, 2.24) is 4.90 Å². The van der Waals surface area contributed by atoms with E-state index in [1.165, 1.54) is 0 Å². The van der Waals surface area contributed by atoms with Crippen molar-refractivity contribution in [3.63, 3.8) is 0 Å². The van der Waals surface area contributed by atoms with Gasteiger partial charge in [-0.25, -0.2) is 0 Å². The first-order chi connectivity index (χ1) is 6.55.